The van der Waals surface area contributed by atoms with Crippen molar-refractivity contribution in [2.75, 3.05) is 19.0 Å². The molecule has 0 unspecified atom stereocenters. The fourth-order valence-corrected chi connectivity index (χ4v) is 1.85. The zero-order valence-electron chi connectivity index (χ0n) is 8.79. The van der Waals surface area contributed by atoms with E-state index in [1.165, 1.54) is 0 Å². The molecule has 0 spiro atoms. The Labute approximate surface area is 90.0 Å². The summed E-state index contributed by atoms with van der Waals surface area (Å²) in [5, 5.41) is 9.10. The maximum atomic E-state index is 12.0. The van der Waals surface area contributed by atoms with E-state index in [1.54, 1.807) is 4.90 Å². The Kier molecular flexibility index (Phi) is 3.78. The van der Waals surface area contributed by atoms with Crippen molar-refractivity contribution in [3.8, 4) is 0 Å². The highest BCUT2D eigenvalue weighted by molar-refractivity contribution is 6.19. The second kappa shape index (κ2) is 4.49. The van der Waals surface area contributed by atoms with Crippen LogP contribution in [0.3, 0.4) is 0 Å². The summed E-state index contributed by atoms with van der Waals surface area (Å²) >= 11 is 5.75. The maximum Gasteiger partial charge on any atom is 0.229 e. The van der Waals surface area contributed by atoms with Gasteiger partial charge in [-0.25, -0.2) is 0 Å². The molecule has 0 radical (unpaired) electrons. The largest absolute Gasteiger partial charge is 0.394 e. The minimum Gasteiger partial charge on any atom is -0.394 e. The molecule has 82 valence electrons. The standard InChI is InChI=1S/C10H18ClNO2/c1-10(2,7-11)9(14)12-5-3-4-8(12)6-13/h8,13H,3-7H2,1-2H3/t8-/m0/s1. The van der Waals surface area contributed by atoms with Crippen LogP contribution >= 0.6 is 11.6 Å². The van der Waals surface area contributed by atoms with Gasteiger partial charge in [-0.3, -0.25) is 4.79 Å². The monoisotopic (exact) mass is 219 g/mol. The van der Waals surface area contributed by atoms with Crippen molar-refractivity contribution in [2.45, 2.75) is 32.7 Å². The van der Waals surface area contributed by atoms with Gasteiger partial charge in [0.15, 0.2) is 0 Å². The number of likely N-dealkylation sites (tertiary alicyclic amines) is 1. The molecule has 1 amide bonds. The van der Waals surface area contributed by atoms with Crippen LogP contribution < -0.4 is 0 Å². The number of aliphatic hydroxyl groups excluding tert-OH is 1. The smallest absolute Gasteiger partial charge is 0.229 e. The molecular weight excluding hydrogens is 202 g/mol. The minimum atomic E-state index is -0.515. The average molecular weight is 220 g/mol. The molecule has 0 aliphatic carbocycles. The molecule has 1 aliphatic rings. The molecule has 1 fully saturated rings. The molecule has 0 bridgehead atoms. The summed E-state index contributed by atoms with van der Waals surface area (Å²) in [4.78, 5) is 13.8. The van der Waals surface area contributed by atoms with E-state index in [0.29, 0.717) is 5.88 Å². The molecular formula is C10H18ClNO2. The number of halogens is 1. The molecule has 3 nitrogen and oxygen atoms in total. The lowest BCUT2D eigenvalue weighted by atomic mass is 9.94. The summed E-state index contributed by atoms with van der Waals surface area (Å²) in [6.45, 7) is 4.50. The van der Waals surface area contributed by atoms with E-state index in [4.69, 9.17) is 16.7 Å². The number of rotatable bonds is 3. The minimum absolute atomic E-state index is 0.00462. The van der Waals surface area contributed by atoms with Crippen molar-refractivity contribution in [1.29, 1.82) is 0 Å². The molecule has 1 rings (SSSR count). The molecule has 0 saturated carbocycles. The lowest BCUT2D eigenvalue weighted by molar-refractivity contribution is -0.140. The van der Waals surface area contributed by atoms with Gasteiger partial charge in [0.25, 0.3) is 0 Å². The van der Waals surface area contributed by atoms with E-state index in [2.05, 4.69) is 0 Å². The van der Waals surface area contributed by atoms with E-state index >= 15 is 0 Å². The van der Waals surface area contributed by atoms with Crippen LogP contribution in [0.2, 0.25) is 0 Å². The molecule has 4 heteroatoms. The number of hydrogen-bond donors (Lipinski definition) is 1. The molecule has 0 aromatic carbocycles. The molecule has 0 aromatic heterocycles. The van der Waals surface area contributed by atoms with Crippen molar-refractivity contribution in [1.82, 2.24) is 4.90 Å². The van der Waals surface area contributed by atoms with Crippen LogP contribution in [0.5, 0.6) is 0 Å². The molecule has 14 heavy (non-hydrogen) atoms. The molecule has 1 saturated heterocycles. The normalized spacial score (nSPS) is 22.9. The van der Waals surface area contributed by atoms with Gasteiger partial charge in [-0.15, -0.1) is 11.6 Å². The van der Waals surface area contributed by atoms with Crippen molar-refractivity contribution in [3.63, 3.8) is 0 Å². The van der Waals surface area contributed by atoms with Crippen LogP contribution in [-0.4, -0.2) is 41.0 Å². The van der Waals surface area contributed by atoms with Gasteiger partial charge in [0, 0.05) is 12.4 Å². The van der Waals surface area contributed by atoms with Gasteiger partial charge in [0.1, 0.15) is 0 Å². The second-order valence-corrected chi connectivity index (χ2v) is 4.76. The van der Waals surface area contributed by atoms with E-state index in [9.17, 15) is 4.79 Å². The van der Waals surface area contributed by atoms with E-state index in [1.807, 2.05) is 13.8 Å². The molecule has 1 aliphatic heterocycles. The topological polar surface area (TPSA) is 40.5 Å². The second-order valence-electron chi connectivity index (χ2n) is 4.49. The number of alkyl halides is 1. The Balaban J connectivity index is 2.69. The molecule has 0 aromatic rings. The van der Waals surface area contributed by atoms with Gasteiger partial charge in [-0.1, -0.05) is 0 Å². The highest BCUT2D eigenvalue weighted by Gasteiger charge is 2.36. The third kappa shape index (κ3) is 2.20. The summed E-state index contributed by atoms with van der Waals surface area (Å²) in [5.41, 5.74) is -0.515. The fourth-order valence-electron chi connectivity index (χ4n) is 1.74. The van der Waals surface area contributed by atoms with Crippen molar-refractivity contribution in [3.05, 3.63) is 0 Å². The zero-order chi connectivity index (χ0) is 10.8. The Bertz CT molecular complexity index is 218. The Morgan fingerprint density at radius 1 is 1.64 bits per heavy atom. The number of carbonyl (C=O) groups is 1. The van der Waals surface area contributed by atoms with Gasteiger partial charge in [0.05, 0.1) is 18.1 Å². The van der Waals surface area contributed by atoms with Crippen LogP contribution in [0.15, 0.2) is 0 Å². The SMILES string of the molecule is CC(C)(CCl)C(=O)N1CCC[C@H]1CO. The Morgan fingerprint density at radius 2 is 2.29 bits per heavy atom. The maximum absolute atomic E-state index is 12.0. The Hall–Kier alpha value is -0.280. The number of aliphatic hydroxyl groups is 1. The predicted molar refractivity (Wildman–Crippen MR) is 56.3 cm³/mol. The number of carbonyl (C=O) groups excluding carboxylic acids is 1. The molecule has 1 N–H and O–H groups in total. The third-order valence-electron chi connectivity index (χ3n) is 2.76. The summed E-state index contributed by atoms with van der Waals surface area (Å²) in [6.07, 6.45) is 1.88. The van der Waals surface area contributed by atoms with E-state index in [-0.39, 0.29) is 18.6 Å². The average Bonchev–Trinajstić information content (AvgIpc) is 2.64. The first-order valence-electron chi connectivity index (χ1n) is 5.01. The highest BCUT2D eigenvalue weighted by atomic mass is 35.5. The van der Waals surface area contributed by atoms with Crippen LogP contribution in [0.4, 0.5) is 0 Å². The number of nitrogens with zero attached hydrogens (tertiary/aromatic N) is 1. The predicted octanol–water partition coefficient (Wildman–Crippen LogP) is 1.23. The van der Waals surface area contributed by atoms with Crippen molar-refractivity contribution in [2.24, 2.45) is 5.41 Å². The first-order chi connectivity index (χ1) is 6.53. The van der Waals surface area contributed by atoms with Crippen LogP contribution in [0.1, 0.15) is 26.7 Å². The lowest BCUT2D eigenvalue weighted by Crippen LogP contribution is -2.45. The highest BCUT2D eigenvalue weighted by Crippen LogP contribution is 2.26. The van der Waals surface area contributed by atoms with Crippen LogP contribution in [0.25, 0.3) is 0 Å². The summed E-state index contributed by atoms with van der Waals surface area (Å²) in [5.74, 6) is 0.379. The van der Waals surface area contributed by atoms with Gasteiger partial charge >= 0.3 is 0 Å². The molecule has 1 atom stereocenters. The van der Waals surface area contributed by atoms with Crippen molar-refractivity contribution < 1.29 is 9.90 Å². The van der Waals surface area contributed by atoms with Gasteiger partial charge in [-0.05, 0) is 26.7 Å². The van der Waals surface area contributed by atoms with Crippen molar-refractivity contribution >= 4 is 17.5 Å². The Morgan fingerprint density at radius 3 is 2.79 bits per heavy atom. The summed E-state index contributed by atoms with van der Waals surface area (Å²) in [7, 11) is 0. The van der Waals surface area contributed by atoms with E-state index < -0.39 is 5.41 Å². The quantitative estimate of drug-likeness (QED) is 0.726. The van der Waals surface area contributed by atoms with Gasteiger partial charge < -0.3 is 10.0 Å². The van der Waals surface area contributed by atoms with Crippen LogP contribution in [-0.2, 0) is 4.79 Å². The molecule has 1 heterocycles. The number of amides is 1. The first kappa shape index (κ1) is 11.8. The number of hydrogen-bond acceptors (Lipinski definition) is 2. The van der Waals surface area contributed by atoms with Gasteiger partial charge in [-0.2, -0.15) is 0 Å². The summed E-state index contributed by atoms with van der Waals surface area (Å²) in [6, 6.07) is 0.00462. The lowest BCUT2D eigenvalue weighted by Gasteiger charge is -2.31. The zero-order valence-corrected chi connectivity index (χ0v) is 9.55. The van der Waals surface area contributed by atoms with Gasteiger partial charge in [0.2, 0.25) is 5.91 Å². The fraction of sp³-hybridized carbons (Fsp3) is 0.900. The summed E-state index contributed by atoms with van der Waals surface area (Å²) < 4.78 is 0. The van der Waals surface area contributed by atoms with Crippen LogP contribution in [0, 0.1) is 5.41 Å². The first-order valence-corrected chi connectivity index (χ1v) is 5.54. The third-order valence-corrected chi connectivity index (χ3v) is 3.43. The van der Waals surface area contributed by atoms with E-state index in [0.717, 1.165) is 19.4 Å².